The van der Waals surface area contributed by atoms with Crippen LogP contribution >= 0.6 is 11.6 Å². The van der Waals surface area contributed by atoms with E-state index in [-0.39, 0.29) is 10.6 Å². The molecule has 0 amide bonds. The number of rotatable bonds is 3. The Balaban J connectivity index is 2.46. The summed E-state index contributed by atoms with van der Waals surface area (Å²) in [5.74, 6) is -0.696. The summed E-state index contributed by atoms with van der Waals surface area (Å²) in [6, 6.07) is 8.15. The first-order valence-electron chi connectivity index (χ1n) is 6.15. The summed E-state index contributed by atoms with van der Waals surface area (Å²) in [5.41, 5.74) is 2.23. The van der Waals surface area contributed by atoms with Gasteiger partial charge < -0.3 is 5.11 Å². The molecular weight excluding hydrogens is 292 g/mol. The number of nitro benzene ring substituents is 1. The fraction of sp³-hybridized carbons (Fsp3) is 0.133. The molecule has 0 N–H and O–H groups in total. The van der Waals surface area contributed by atoms with Crippen molar-refractivity contribution in [2.24, 2.45) is 4.99 Å². The quantitative estimate of drug-likeness (QED) is 0.493. The van der Waals surface area contributed by atoms with Crippen LogP contribution in [0.1, 0.15) is 16.7 Å². The number of aryl methyl sites for hydroxylation is 2. The van der Waals surface area contributed by atoms with E-state index in [0.29, 0.717) is 5.69 Å². The lowest BCUT2D eigenvalue weighted by atomic mass is 10.1. The predicted octanol–water partition coefficient (Wildman–Crippen LogP) is 3.69. The largest absolute Gasteiger partial charge is 0.867 e. The molecule has 108 valence electrons. The van der Waals surface area contributed by atoms with Crippen molar-refractivity contribution in [3.8, 4) is 5.75 Å². The van der Waals surface area contributed by atoms with Gasteiger partial charge in [-0.3, -0.25) is 15.1 Å². The van der Waals surface area contributed by atoms with Gasteiger partial charge in [0.05, 0.1) is 10.6 Å². The van der Waals surface area contributed by atoms with Gasteiger partial charge in [0.15, 0.2) is 0 Å². The summed E-state index contributed by atoms with van der Waals surface area (Å²) < 4.78 is 0. The highest BCUT2D eigenvalue weighted by molar-refractivity contribution is 6.31. The highest BCUT2D eigenvalue weighted by atomic mass is 35.5. The first-order valence-corrected chi connectivity index (χ1v) is 6.52. The monoisotopic (exact) mass is 303 g/mol. The zero-order valence-corrected chi connectivity index (χ0v) is 12.2. The van der Waals surface area contributed by atoms with Crippen LogP contribution in [-0.2, 0) is 0 Å². The van der Waals surface area contributed by atoms with Crippen LogP contribution in [-0.4, -0.2) is 11.1 Å². The third-order valence-corrected chi connectivity index (χ3v) is 3.19. The Kier molecular flexibility index (Phi) is 4.23. The number of hydrogen-bond donors (Lipinski definition) is 0. The molecule has 0 bridgehead atoms. The van der Waals surface area contributed by atoms with Crippen molar-refractivity contribution < 1.29 is 10.0 Å². The number of benzene rings is 2. The van der Waals surface area contributed by atoms with Crippen LogP contribution in [0.25, 0.3) is 0 Å². The predicted molar refractivity (Wildman–Crippen MR) is 80.7 cm³/mol. The van der Waals surface area contributed by atoms with Crippen molar-refractivity contribution in [1.82, 2.24) is 0 Å². The molecular formula is C15H12ClN2O3-. The standard InChI is InChI=1S/C15H13ClN2O3/c1-9-3-4-10(2)13(5-9)17-8-11-6-12(16)7-14(15(11)19)18(20)21/h3-8,19H,1-2H3/p-1. The van der Waals surface area contributed by atoms with Crippen LogP contribution in [0.4, 0.5) is 11.4 Å². The Labute approximate surface area is 126 Å². The highest BCUT2D eigenvalue weighted by Gasteiger charge is 2.11. The van der Waals surface area contributed by atoms with Crippen molar-refractivity contribution in [1.29, 1.82) is 0 Å². The van der Waals surface area contributed by atoms with Gasteiger partial charge in [-0.25, -0.2) is 0 Å². The van der Waals surface area contributed by atoms with Gasteiger partial charge in [-0.05, 0) is 48.4 Å². The Morgan fingerprint density at radius 2 is 1.95 bits per heavy atom. The zero-order chi connectivity index (χ0) is 15.6. The van der Waals surface area contributed by atoms with Crippen molar-refractivity contribution in [3.63, 3.8) is 0 Å². The molecule has 6 heteroatoms. The molecule has 2 aromatic carbocycles. The molecule has 5 nitrogen and oxygen atoms in total. The molecule has 0 heterocycles. The van der Waals surface area contributed by atoms with E-state index in [1.807, 2.05) is 32.0 Å². The second-order valence-corrected chi connectivity index (χ2v) is 5.08. The second-order valence-electron chi connectivity index (χ2n) is 4.65. The van der Waals surface area contributed by atoms with Gasteiger partial charge in [-0.2, -0.15) is 0 Å². The first kappa shape index (κ1) is 15.0. The lowest BCUT2D eigenvalue weighted by molar-refractivity contribution is -0.398. The van der Waals surface area contributed by atoms with E-state index < -0.39 is 16.4 Å². The lowest BCUT2D eigenvalue weighted by Gasteiger charge is -2.11. The molecule has 21 heavy (non-hydrogen) atoms. The van der Waals surface area contributed by atoms with Gasteiger partial charge in [-0.1, -0.05) is 23.7 Å². The Morgan fingerprint density at radius 3 is 2.62 bits per heavy atom. The minimum atomic E-state index is -0.747. The maximum absolute atomic E-state index is 11.9. The molecule has 2 aromatic rings. The van der Waals surface area contributed by atoms with Crippen molar-refractivity contribution in [2.75, 3.05) is 0 Å². The third kappa shape index (κ3) is 3.38. The van der Waals surface area contributed by atoms with E-state index in [9.17, 15) is 15.2 Å². The molecule has 0 unspecified atom stereocenters. The number of hydrogen-bond acceptors (Lipinski definition) is 4. The summed E-state index contributed by atoms with van der Waals surface area (Å²) in [4.78, 5) is 14.3. The van der Waals surface area contributed by atoms with E-state index in [0.717, 1.165) is 17.2 Å². The van der Waals surface area contributed by atoms with Gasteiger partial charge in [0.25, 0.3) is 5.69 Å². The van der Waals surface area contributed by atoms with E-state index in [2.05, 4.69) is 4.99 Å². The van der Waals surface area contributed by atoms with Crippen LogP contribution in [0.2, 0.25) is 5.02 Å². The van der Waals surface area contributed by atoms with Crippen LogP contribution in [0.3, 0.4) is 0 Å². The maximum atomic E-state index is 11.9. The van der Waals surface area contributed by atoms with E-state index in [4.69, 9.17) is 11.6 Å². The SMILES string of the molecule is Cc1ccc(C)c(N=Cc2cc(Cl)cc([N+](=O)[O-])c2[O-])c1. The zero-order valence-electron chi connectivity index (χ0n) is 11.5. The molecule has 0 radical (unpaired) electrons. The first-order chi connectivity index (χ1) is 9.88. The average molecular weight is 304 g/mol. The number of nitrogens with zero attached hydrogens (tertiary/aromatic N) is 2. The molecule has 0 aliphatic heterocycles. The molecule has 0 saturated heterocycles. The van der Waals surface area contributed by atoms with Crippen molar-refractivity contribution in [3.05, 3.63) is 62.2 Å². The topological polar surface area (TPSA) is 78.6 Å². The van der Waals surface area contributed by atoms with Crippen molar-refractivity contribution >= 4 is 29.2 Å². The minimum Gasteiger partial charge on any atom is -0.867 e. The van der Waals surface area contributed by atoms with E-state index >= 15 is 0 Å². The summed E-state index contributed by atoms with van der Waals surface area (Å²) >= 11 is 5.80. The van der Waals surface area contributed by atoms with Crippen LogP contribution in [0.15, 0.2) is 35.3 Å². The number of aliphatic imine (C=N–C) groups is 1. The van der Waals surface area contributed by atoms with Gasteiger partial charge in [0.1, 0.15) is 0 Å². The summed E-state index contributed by atoms with van der Waals surface area (Å²) in [7, 11) is 0. The van der Waals surface area contributed by atoms with Crippen molar-refractivity contribution in [2.45, 2.75) is 13.8 Å². The summed E-state index contributed by atoms with van der Waals surface area (Å²) in [5, 5.41) is 22.9. The Hall–Kier alpha value is -2.40. The molecule has 0 atom stereocenters. The van der Waals surface area contributed by atoms with Gasteiger partial charge >= 0.3 is 0 Å². The van der Waals surface area contributed by atoms with Crippen LogP contribution < -0.4 is 5.11 Å². The Morgan fingerprint density at radius 1 is 1.24 bits per heavy atom. The van der Waals surface area contributed by atoms with Gasteiger partial charge in [0.2, 0.25) is 0 Å². The highest BCUT2D eigenvalue weighted by Crippen LogP contribution is 2.30. The number of nitro groups is 1. The van der Waals surface area contributed by atoms with Gasteiger partial charge in [0, 0.05) is 17.3 Å². The molecule has 0 aliphatic carbocycles. The minimum absolute atomic E-state index is 0.0927. The maximum Gasteiger partial charge on any atom is 0.263 e. The summed E-state index contributed by atoms with van der Waals surface area (Å²) in [6.07, 6.45) is 1.31. The van der Waals surface area contributed by atoms with Crippen LogP contribution in [0.5, 0.6) is 5.75 Å². The molecule has 0 aliphatic rings. The van der Waals surface area contributed by atoms with Gasteiger partial charge in [-0.15, -0.1) is 0 Å². The molecule has 0 fully saturated rings. The third-order valence-electron chi connectivity index (χ3n) is 2.97. The number of halogens is 1. The lowest BCUT2D eigenvalue weighted by Crippen LogP contribution is -2.02. The fourth-order valence-electron chi connectivity index (χ4n) is 1.83. The fourth-order valence-corrected chi connectivity index (χ4v) is 2.05. The normalized spacial score (nSPS) is 11.0. The molecule has 2 rings (SSSR count). The molecule has 0 aromatic heterocycles. The Bertz CT molecular complexity index is 742. The molecule has 0 saturated carbocycles. The summed E-state index contributed by atoms with van der Waals surface area (Å²) in [6.45, 7) is 3.83. The molecule has 0 spiro atoms. The second kappa shape index (κ2) is 5.93. The smallest absolute Gasteiger partial charge is 0.263 e. The van der Waals surface area contributed by atoms with E-state index in [1.54, 1.807) is 0 Å². The van der Waals surface area contributed by atoms with Crippen LogP contribution in [0, 0.1) is 24.0 Å². The van der Waals surface area contributed by atoms with E-state index in [1.165, 1.54) is 12.3 Å². The average Bonchev–Trinajstić information content (AvgIpc) is 2.42.